The highest BCUT2D eigenvalue weighted by Gasteiger charge is 2.31. The lowest BCUT2D eigenvalue weighted by molar-refractivity contribution is -0.119. The minimum absolute atomic E-state index is 0.0100. The van der Waals surface area contributed by atoms with Gasteiger partial charge in [-0.3, -0.25) is 4.79 Å². The Hall–Kier alpha value is -2.34. The first-order valence-corrected chi connectivity index (χ1v) is 9.62. The number of carbonyl (C=O) groups is 1. The summed E-state index contributed by atoms with van der Waals surface area (Å²) in [5.41, 5.74) is 2.37. The van der Waals surface area contributed by atoms with Gasteiger partial charge in [0.2, 0.25) is 11.8 Å². The van der Waals surface area contributed by atoms with Gasteiger partial charge in [-0.2, -0.15) is 0 Å². The molecule has 0 unspecified atom stereocenters. The maximum Gasteiger partial charge on any atom is 0.237 e. The lowest BCUT2D eigenvalue weighted by Gasteiger charge is -2.40. The molecule has 1 amide bonds. The van der Waals surface area contributed by atoms with Gasteiger partial charge in [0.25, 0.3) is 0 Å². The summed E-state index contributed by atoms with van der Waals surface area (Å²) in [5.74, 6) is 1.58. The van der Waals surface area contributed by atoms with Crippen molar-refractivity contribution in [3.05, 3.63) is 46.7 Å². The number of anilines is 1. The first kappa shape index (κ1) is 19.4. The second-order valence-corrected chi connectivity index (χ2v) is 7.23. The fourth-order valence-electron chi connectivity index (χ4n) is 3.17. The van der Waals surface area contributed by atoms with Crippen molar-refractivity contribution in [2.75, 3.05) is 24.6 Å². The van der Waals surface area contributed by atoms with Crippen molar-refractivity contribution in [2.45, 2.75) is 39.2 Å². The third kappa shape index (κ3) is 4.50. The maximum absolute atomic E-state index is 11.2. The van der Waals surface area contributed by atoms with Crippen LogP contribution in [0.15, 0.2) is 30.6 Å². The number of benzene rings is 1. The van der Waals surface area contributed by atoms with Gasteiger partial charge in [-0.15, -0.1) is 0 Å². The zero-order chi connectivity index (χ0) is 19.4. The molecule has 1 aromatic carbocycles. The molecular weight excluding hydrogens is 364 g/mol. The second kappa shape index (κ2) is 8.57. The van der Waals surface area contributed by atoms with Crippen LogP contribution in [-0.4, -0.2) is 35.6 Å². The molecule has 3 rings (SSSR count). The van der Waals surface area contributed by atoms with Crippen molar-refractivity contribution in [3.63, 3.8) is 0 Å². The first-order chi connectivity index (χ1) is 13.0. The number of aromatic nitrogens is 2. The lowest BCUT2D eigenvalue weighted by Crippen LogP contribution is -2.45. The van der Waals surface area contributed by atoms with E-state index in [1.54, 1.807) is 0 Å². The maximum atomic E-state index is 11.2. The van der Waals surface area contributed by atoms with E-state index in [-0.39, 0.29) is 11.9 Å². The van der Waals surface area contributed by atoms with Crippen molar-refractivity contribution in [2.24, 2.45) is 0 Å². The summed E-state index contributed by atoms with van der Waals surface area (Å²) in [6.45, 7) is 7.84. The number of nitrogens with zero attached hydrogens (tertiary/aromatic N) is 3. The molecule has 1 atom stereocenters. The van der Waals surface area contributed by atoms with E-state index in [0.717, 1.165) is 30.9 Å². The van der Waals surface area contributed by atoms with Crippen LogP contribution in [0.25, 0.3) is 0 Å². The Kier molecular flexibility index (Phi) is 6.16. The average molecular weight is 389 g/mol. The van der Waals surface area contributed by atoms with Gasteiger partial charge >= 0.3 is 0 Å². The smallest absolute Gasteiger partial charge is 0.237 e. The normalized spacial score (nSPS) is 15.2. The van der Waals surface area contributed by atoms with Crippen LogP contribution in [0.1, 0.15) is 50.3 Å². The topological polar surface area (TPSA) is 67.4 Å². The van der Waals surface area contributed by atoms with Gasteiger partial charge < -0.3 is 15.0 Å². The summed E-state index contributed by atoms with van der Waals surface area (Å²) < 4.78 is 5.58. The molecule has 0 saturated carbocycles. The van der Waals surface area contributed by atoms with Crippen molar-refractivity contribution < 1.29 is 9.53 Å². The van der Waals surface area contributed by atoms with Gasteiger partial charge in [-0.05, 0) is 24.5 Å². The summed E-state index contributed by atoms with van der Waals surface area (Å²) >= 11 is 6.42. The summed E-state index contributed by atoms with van der Waals surface area (Å²) in [7, 11) is 0. The largest absolute Gasteiger partial charge is 0.476 e. The van der Waals surface area contributed by atoms with Crippen molar-refractivity contribution in [3.8, 4) is 5.88 Å². The molecule has 0 radical (unpaired) electrons. The van der Waals surface area contributed by atoms with Crippen molar-refractivity contribution in [1.82, 2.24) is 15.3 Å². The first-order valence-electron chi connectivity index (χ1n) is 9.24. The molecule has 1 aliphatic rings. The zero-order valence-electron chi connectivity index (χ0n) is 15.9. The summed E-state index contributed by atoms with van der Waals surface area (Å²) in [6.07, 6.45) is 2.40. The molecular formula is C20H25ClN4O2. The molecule has 1 aromatic heterocycles. The lowest BCUT2D eigenvalue weighted by atomic mass is 9.90. The number of hydrogen-bond donors (Lipinski definition) is 1. The van der Waals surface area contributed by atoms with Gasteiger partial charge in [0.05, 0.1) is 12.6 Å². The van der Waals surface area contributed by atoms with Gasteiger partial charge in [-0.25, -0.2) is 9.97 Å². The van der Waals surface area contributed by atoms with Crippen LogP contribution in [0.5, 0.6) is 5.88 Å². The molecule has 0 bridgehead atoms. The quantitative estimate of drug-likeness (QED) is 0.782. The third-order valence-corrected chi connectivity index (χ3v) is 5.02. The molecule has 2 heterocycles. The van der Waals surface area contributed by atoms with Crippen LogP contribution in [0.3, 0.4) is 0 Å². The van der Waals surface area contributed by atoms with Gasteiger partial charge in [0.1, 0.15) is 11.3 Å². The predicted octanol–water partition coefficient (Wildman–Crippen LogP) is 3.72. The van der Waals surface area contributed by atoms with E-state index < -0.39 is 0 Å². The molecule has 0 aliphatic carbocycles. The van der Waals surface area contributed by atoms with Crippen LogP contribution in [0, 0.1) is 0 Å². The fraction of sp³-hybridized carbons (Fsp3) is 0.450. The Morgan fingerprint density at radius 3 is 2.67 bits per heavy atom. The van der Waals surface area contributed by atoms with E-state index in [9.17, 15) is 4.79 Å². The predicted molar refractivity (Wildman–Crippen MR) is 106 cm³/mol. The minimum Gasteiger partial charge on any atom is -0.476 e. The van der Waals surface area contributed by atoms with E-state index >= 15 is 0 Å². The monoisotopic (exact) mass is 388 g/mol. The van der Waals surface area contributed by atoms with Crippen LogP contribution < -0.4 is 15.0 Å². The van der Waals surface area contributed by atoms with E-state index in [2.05, 4.69) is 44.5 Å². The highest BCUT2D eigenvalue weighted by molar-refractivity contribution is 6.34. The number of rotatable bonds is 7. The molecule has 27 heavy (non-hydrogen) atoms. The molecule has 0 spiro atoms. The van der Waals surface area contributed by atoms with Crippen LogP contribution in [0.2, 0.25) is 5.02 Å². The Morgan fingerprint density at radius 2 is 2.04 bits per heavy atom. The zero-order valence-corrected chi connectivity index (χ0v) is 16.7. The summed E-state index contributed by atoms with van der Waals surface area (Å²) in [5, 5.41) is 3.38. The Balaban J connectivity index is 1.62. The van der Waals surface area contributed by atoms with Crippen LogP contribution in [-0.2, 0) is 4.79 Å². The number of carbonyl (C=O) groups excluding carboxylic acids is 1. The number of hydrogen-bond acceptors (Lipinski definition) is 5. The van der Waals surface area contributed by atoms with Gasteiger partial charge in [-0.1, -0.05) is 42.8 Å². The Bertz CT molecular complexity index is 791. The number of nitrogens with one attached hydrogen (secondary N) is 1. The number of halogens is 1. The molecule has 6 nitrogen and oxygen atoms in total. The van der Waals surface area contributed by atoms with Gasteiger partial charge in [0, 0.05) is 25.9 Å². The average Bonchev–Trinajstić information content (AvgIpc) is 2.61. The van der Waals surface area contributed by atoms with Crippen molar-refractivity contribution in [1.29, 1.82) is 0 Å². The van der Waals surface area contributed by atoms with Gasteiger partial charge in [0.15, 0.2) is 5.82 Å². The summed E-state index contributed by atoms with van der Waals surface area (Å²) in [4.78, 5) is 21.8. The van der Waals surface area contributed by atoms with E-state index in [0.29, 0.717) is 23.4 Å². The molecule has 1 saturated heterocycles. The van der Waals surface area contributed by atoms with E-state index in [1.165, 1.54) is 18.8 Å². The van der Waals surface area contributed by atoms with E-state index in [1.807, 2.05) is 13.8 Å². The second-order valence-electron chi connectivity index (χ2n) is 6.86. The number of ether oxygens (including phenoxy) is 1. The molecule has 1 fully saturated rings. The third-order valence-electron chi connectivity index (χ3n) is 4.69. The molecule has 2 aromatic rings. The van der Waals surface area contributed by atoms with Crippen LogP contribution >= 0.6 is 11.6 Å². The van der Waals surface area contributed by atoms with E-state index in [4.69, 9.17) is 16.3 Å². The summed E-state index contributed by atoms with van der Waals surface area (Å²) in [6, 6.07) is 8.43. The Labute approximate surface area is 164 Å². The van der Waals surface area contributed by atoms with Crippen molar-refractivity contribution >= 4 is 23.3 Å². The number of amides is 1. The molecule has 1 aliphatic heterocycles. The minimum atomic E-state index is -0.0229. The molecule has 1 N–H and O–H groups in total. The highest BCUT2D eigenvalue weighted by Crippen LogP contribution is 2.37. The van der Waals surface area contributed by atoms with Crippen LogP contribution in [0.4, 0.5) is 5.82 Å². The fourth-order valence-corrected chi connectivity index (χ4v) is 3.44. The highest BCUT2D eigenvalue weighted by atomic mass is 35.5. The molecule has 144 valence electrons. The Morgan fingerprint density at radius 1 is 1.33 bits per heavy atom. The standard InChI is InChI=1S/C20H25ClN4O2/c1-4-9-27-20-18(21)19(22-12-23-20)25-10-17(11-25)16-7-5-15(6-8-16)13(2)24-14(3)26/h5-8,12-13,17H,4,9-11H2,1-3H3,(H,24,26)/t13-/m0/s1. The molecule has 7 heteroatoms. The SMILES string of the molecule is CCCOc1ncnc(N2CC(c3ccc([C@H](C)NC(C)=O)cc3)C2)c1Cl.